The molecule has 92 valence electrons. The molecule has 2 rings (SSSR count). The fraction of sp³-hybridized carbons (Fsp3) is 0.133. The Labute approximate surface area is 106 Å². The molecule has 3 heteroatoms. The van der Waals surface area contributed by atoms with Gasteiger partial charge in [-0.3, -0.25) is 0 Å². The molecule has 0 aliphatic heterocycles. The maximum absolute atomic E-state index is 10.6. The second-order valence-electron chi connectivity index (χ2n) is 3.88. The highest BCUT2D eigenvalue weighted by Gasteiger charge is 2.03. The maximum atomic E-state index is 10.6. The highest BCUT2D eigenvalue weighted by molar-refractivity contribution is 5.57. The summed E-state index contributed by atoms with van der Waals surface area (Å²) in [4.78, 5) is 10.6. The molecule has 3 nitrogen and oxygen atoms in total. The van der Waals surface area contributed by atoms with E-state index >= 15 is 0 Å². The summed E-state index contributed by atoms with van der Waals surface area (Å²) >= 11 is 0. The summed E-state index contributed by atoms with van der Waals surface area (Å²) in [5.41, 5.74) is 1.70. The van der Waals surface area contributed by atoms with E-state index in [9.17, 15) is 4.79 Å². The van der Waals surface area contributed by atoms with Crippen molar-refractivity contribution in [2.45, 2.75) is 13.0 Å². The maximum Gasteiger partial charge on any atom is 0.131 e. The third kappa shape index (κ3) is 2.96. The Hall–Kier alpha value is -2.13. The monoisotopic (exact) mass is 242 g/mol. The van der Waals surface area contributed by atoms with E-state index in [2.05, 4.69) is 0 Å². The van der Waals surface area contributed by atoms with Gasteiger partial charge in [0.25, 0.3) is 0 Å². The Morgan fingerprint density at radius 2 is 1.78 bits per heavy atom. The van der Waals surface area contributed by atoms with Crippen LogP contribution in [0.5, 0.6) is 11.5 Å². The van der Waals surface area contributed by atoms with Crippen LogP contribution in [0.15, 0.2) is 48.5 Å². The van der Waals surface area contributed by atoms with Crippen molar-refractivity contribution in [2.75, 3.05) is 0 Å². The number of ether oxygens (including phenoxy) is 1. The van der Waals surface area contributed by atoms with Crippen LogP contribution in [0, 0.1) is 0 Å². The predicted molar refractivity (Wildman–Crippen MR) is 68.6 cm³/mol. The van der Waals surface area contributed by atoms with Crippen LogP contribution < -0.4 is 4.74 Å². The Bertz CT molecular complexity index is 518. The highest BCUT2D eigenvalue weighted by Crippen LogP contribution is 2.25. The van der Waals surface area contributed by atoms with Gasteiger partial charge in [-0.2, -0.15) is 0 Å². The number of hydrogen-bond donors (Lipinski definition) is 1. The lowest BCUT2D eigenvalue weighted by atomic mass is 10.1. The first kappa shape index (κ1) is 12.3. The zero-order valence-corrected chi connectivity index (χ0v) is 9.87. The van der Waals surface area contributed by atoms with Gasteiger partial charge in [0.1, 0.15) is 17.8 Å². The average molecular weight is 242 g/mol. The molecule has 0 bridgehead atoms. The number of carbonyl (C=O) groups excluding carboxylic acids is 1. The lowest BCUT2D eigenvalue weighted by molar-refractivity contribution is -0.107. The normalized spacial score (nSPS) is 10.1. The standard InChI is InChI=1S/C15H14O3/c16-10-9-13-3-1-2-4-15(13)18-14-7-5-12(11-17)6-8-14/h1-8,10,17H,9,11H2. The topological polar surface area (TPSA) is 46.5 Å². The van der Waals surface area contributed by atoms with Crippen LogP contribution in [0.25, 0.3) is 0 Å². The second kappa shape index (κ2) is 5.98. The van der Waals surface area contributed by atoms with Crippen LogP contribution in [-0.4, -0.2) is 11.4 Å². The fourth-order valence-electron chi connectivity index (χ4n) is 1.65. The van der Waals surface area contributed by atoms with Crippen LogP contribution in [0.4, 0.5) is 0 Å². The summed E-state index contributed by atoms with van der Waals surface area (Å²) in [6.45, 7) is 0.0159. The van der Waals surface area contributed by atoms with Crippen molar-refractivity contribution < 1.29 is 14.6 Å². The van der Waals surface area contributed by atoms with Crippen LogP contribution in [0.2, 0.25) is 0 Å². The number of benzene rings is 2. The van der Waals surface area contributed by atoms with Gasteiger partial charge in [0.15, 0.2) is 0 Å². The largest absolute Gasteiger partial charge is 0.457 e. The van der Waals surface area contributed by atoms with Gasteiger partial charge in [0.2, 0.25) is 0 Å². The zero-order valence-electron chi connectivity index (χ0n) is 9.87. The molecule has 0 unspecified atom stereocenters. The highest BCUT2D eigenvalue weighted by atomic mass is 16.5. The minimum absolute atomic E-state index is 0.0159. The van der Waals surface area contributed by atoms with Crippen molar-refractivity contribution in [1.29, 1.82) is 0 Å². The minimum Gasteiger partial charge on any atom is -0.457 e. The summed E-state index contributed by atoms with van der Waals surface area (Å²) in [5, 5.41) is 8.95. The van der Waals surface area contributed by atoms with Crippen molar-refractivity contribution in [3.63, 3.8) is 0 Å². The number of aldehydes is 1. The Morgan fingerprint density at radius 3 is 2.44 bits per heavy atom. The smallest absolute Gasteiger partial charge is 0.131 e. The van der Waals surface area contributed by atoms with Crippen molar-refractivity contribution >= 4 is 6.29 Å². The number of aliphatic hydroxyl groups is 1. The molecule has 2 aromatic carbocycles. The molecule has 0 aliphatic rings. The molecule has 0 saturated carbocycles. The van der Waals surface area contributed by atoms with E-state index < -0.39 is 0 Å². The molecule has 0 amide bonds. The van der Waals surface area contributed by atoms with Crippen LogP contribution in [0.3, 0.4) is 0 Å². The minimum atomic E-state index is 0.0159. The van der Waals surface area contributed by atoms with Crippen LogP contribution >= 0.6 is 0 Å². The number of aliphatic hydroxyl groups excluding tert-OH is 1. The van der Waals surface area contributed by atoms with Gasteiger partial charge < -0.3 is 14.6 Å². The molecule has 0 fully saturated rings. The number of carbonyl (C=O) groups is 1. The van der Waals surface area contributed by atoms with E-state index in [1.165, 1.54) is 0 Å². The van der Waals surface area contributed by atoms with Gasteiger partial charge in [0.05, 0.1) is 6.61 Å². The molecule has 0 aromatic heterocycles. The summed E-state index contributed by atoms with van der Waals surface area (Å²) < 4.78 is 5.72. The van der Waals surface area contributed by atoms with E-state index in [0.29, 0.717) is 17.9 Å². The van der Waals surface area contributed by atoms with Gasteiger partial charge >= 0.3 is 0 Å². The van der Waals surface area contributed by atoms with E-state index in [-0.39, 0.29) is 6.61 Å². The molecule has 0 saturated heterocycles. The first-order valence-electron chi connectivity index (χ1n) is 5.72. The third-order valence-electron chi connectivity index (χ3n) is 2.61. The number of para-hydroxylation sites is 1. The van der Waals surface area contributed by atoms with Crippen LogP contribution in [-0.2, 0) is 17.8 Å². The van der Waals surface area contributed by atoms with Crippen molar-refractivity contribution in [1.82, 2.24) is 0 Å². The average Bonchev–Trinajstić information content (AvgIpc) is 2.42. The van der Waals surface area contributed by atoms with E-state index in [0.717, 1.165) is 17.4 Å². The summed E-state index contributed by atoms with van der Waals surface area (Å²) in [6, 6.07) is 14.6. The molecular formula is C15H14O3. The Kier molecular flexibility index (Phi) is 4.10. The molecule has 0 heterocycles. The molecule has 0 radical (unpaired) electrons. The molecule has 18 heavy (non-hydrogen) atoms. The first-order valence-corrected chi connectivity index (χ1v) is 5.72. The summed E-state index contributed by atoms with van der Waals surface area (Å²) in [6.07, 6.45) is 1.20. The first-order chi connectivity index (χ1) is 8.83. The SMILES string of the molecule is O=CCc1ccccc1Oc1ccc(CO)cc1. The van der Waals surface area contributed by atoms with Gasteiger partial charge in [0, 0.05) is 12.0 Å². The molecule has 0 atom stereocenters. The van der Waals surface area contributed by atoms with Crippen LogP contribution in [0.1, 0.15) is 11.1 Å². The zero-order chi connectivity index (χ0) is 12.8. The van der Waals surface area contributed by atoms with Crippen molar-refractivity contribution in [2.24, 2.45) is 0 Å². The predicted octanol–water partition coefficient (Wildman–Crippen LogP) is 2.71. The van der Waals surface area contributed by atoms with Crippen molar-refractivity contribution in [3.05, 3.63) is 59.7 Å². The third-order valence-corrected chi connectivity index (χ3v) is 2.61. The Morgan fingerprint density at radius 1 is 1.06 bits per heavy atom. The van der Waals surface area contributed by atoms with Gasteiger partial charge in [-0.1, -0.05) is 30.3 Å². The van der Waals surface area contributed by atoms with Gasteiger partial charge in [-0.15, -0.1) is 0 Å². The molecule has 0 spiro atoms. The number of rotatable bonds is 5. The quantitative estimate of drug-likeness (QED) is 0.820. The number of hydrogen-bond acceptors (Lipinski definition) is 3. The summed E-state index contributed by atoms with van der Waals surface area (Å²) in [5.74, 6) is 1.37. The van der Waals surface area contributed by atoms with Gasteiger partial charge in [-0.25, -0.2) is 0 Å². The second-order valence-corrected chi connectivity index (χ2v) is 3.88. The lowest BCUT2D eigenvalue weighted by Crippen LogP contribution is -1.92. The Balaban J connectivity index is 2.19. The molecule has 0 aliphatic carbocycles. The molecule has 1 N–H and O–H groups in total. The lowest BCUT2D eigenvalue weighted by Gasteiger charge is -2.09. The molecule has 2 aromatic rings. The summed E-state index contributed by atoms with van der Waals surface area (Å²) in [7, 11) is 0. The fourth-order valence-corrected chi connectivity index (χ4v) is 1.65. The van der Waals surface area contributed by atoms with E-state index in [1.807, 2.05) is 24.3 Å². The van der Waals surface area contributed by atoms with Gasteiger partial charge in [-0.05, 0) is 23.8 Å². The van der Waals surface area contributed by atoms with Crippen molar-refractivity contribution in [3.8, 4) is 11.5 Å². The van der Waals surface area contributed by atoms with E-state index in [1.54, 1.807) is 24.3 Å². The van der Waals surface area contributed by atoms with E-state index in [4.69, 9.17) is 9.84 Å². The molecular weight excluding hydrogens is 228 g/mol.